The van der Waals surface area contributed by atoms with Crippen LogP contribution in [0.5, 0.6) is 0 Å². The largest absolute Gasteiger partial charge is 0.431 e. The first-order valence-corrected chi connectivity index (χ1v) is 6.20. The number of imidazole rings is 1. The normalized spacial score (nSPS) is 14.5. The molecule has 22 heavy (non-hydrogen) atoms. The van der Waals surface area contributed by atoms with Crippen molar-refractivity contribution in [2.45, 2.75) is 18.3 Å². The molecule has 2 rings (SSSR count). The fraction of sp³-hybridized carbons (Fsp3) is 0.308. The van der Waals surface area contributed by atoms with Gasteiger partial charge in [-0.25, -0.2) is 4.98 Å². The Balaban J connectivity index is 2.42. The van der Waals surface area contributed by atoms with Gasteiger partial charge in [-0.2, -0.15) is 13.2 Å². The lowest BCUT2D eigenvalue weighted by Crippen LogP contribution is -2.49. The van der Waals surface area contributed by atoms with Crippen LogP contribution >= 0.6 is 0 Å². The van der Waals surface area contributed by atoms with Gasteiger partial charge < -0.3 is 9.67 Å². The minimum Gasteiger partial charge on any atom is -0.369 e. The van der Waals surface area contributed by atoms with Crippen LogP contribution in [-0.4, -0.2) is 32.3 Å². The zero-order valence-corrected chi connectivity index (χ0v) is 11.2. The molecule has 118 valence electrons. The Morgan fingerprint density at radius 3 is 2.45 bits per heavy atom. The number of nitro groups is 1. The number of aliphatic hydroxyl groups is 1. The van der Waals surface area contributed by atoms with Crippen molar-refractivity contribution in [3.8, 4) is 0 Å². The van der Waals surface area contributed by atoms with Crippen molar-refractivity contribution >= 4 is 0 Å². The fourth-order valence-corrected chi connectivity index (χ4v) is 2.06. The highest BCUT2D eigenvalue weighted by atomic mass is 19.4. The second kappa shape index (κ2) is 5.76. The first kappa shape index (κ1) is 16.0. The van der Waals surface area contributed by atoms with E-state index in [4.69, 9.17) is 0 Å². The summed E-state index contributed by atoms with van der Waals surface area (Å²) in [5.74, 6) is -0.805. The molecule has 1 aromatic carbocycles. The molecule has 1 atom stereocenters. The van der Waals surface area contributed by atoms with E-state index in [1.165, 1.54) is 6.20 Å². The van der Waals surface area contributed by atoms with E-state index < -0.39 is 29.1 Å². The predicted octanol–water partition coefficient (Wildman–Crippen LogP) is 1.96. The van der Waals surface area contributed by atoms with Crippen molar-refractivity contribution < 1.29 is 23.2 Å². The van der Waals surface area contributed by atoms with Gasteiger partial charge >= 0.3 is 6.18 Å². The molecule has 0 amide bonds. The van der Waals surface area contributed by atoms with Gasteiger partial charge in [0.1, 0.15) is 0 Å². The quantitative estimate of drug-likeness (QED) is 0.675. The summed E-state index contributed by atoms with van der Waals surface area (Å²) in [7, 11) is 0. The van der Waals surface area contributed by atoms with Gasteiger partial charge in [0.25, 0.3) is 5.60 Å². The van der Waals surface area contributed by atoms with Crippen LogP contribution < -0.4 is 0 Å². The van der Waals surface area contributed by atoms with Crippen LogP contribution in [0.2, 0.25) is 0 Å². The lowest BCUT2D eigenvalue weighted by atomic mass is 10.0. The van der Waals surface area contributed by atoms with Gasteiger partial charge in [-0.3, -0.25) is 10.1 Å². The van der Waals surface area contributed by atoms with E-state index >= 15 is 0 Å². The van der Waals surface area contributed by atoms with E-state index in [-0.39, 0.29) is 6.54 Å². The van der Waals surface area contributed by atoms with Crippen LogP contribution in [0.15, 0.2) is 42.7 Å². The van der Waals surface area contributed by atoms with E-state index in [0.29, 0.717) is 5.56 Å². The number of nitrogens with zero attached hydrogens (tertiary/aromatic N) is 3. The summed E-state index contributed by atoms with van der Waals surface area (Å²) in [6, 6.07) is 8.53. The minimum absolute atomic E-state index is 0.00623. The first-order chi connectivity index (χ1) is 10.2. The molecule has 0 fully saturated rings. The smallest absolute Gasteiger partial charge is 0.369 e. The van der Waals surface area contributed by atoms with Crippen molar-refractivity contribution in [3.05, 3.63) is 64.2 Å². The molecule has 0 aliphatic carbocycles. The summed E-state index contributed by atoms with van der Waals surface area (Å²) in [5, 5.41) is 20.4. The molecule has 0 saturated carbocycles. The molecule has 1 heterocycles. The third-order valence-corrected chi connectivity index (χ3v) is 3.11. The Labute approximate surface area is 123 Å². The van der Waals surface area contributed by atoms with Gasteiger partial charge in [0.05, 0.1) is 0 Å². The lowest BCUT2D eigenvalue weighted by molar-refractivity contribution is -0.519. The maximum atomic E-state index is 13.1. The molecular formula is C13H12F3N3O3. The summed E-state index contributed by atoms with van der Waals surface area (Å²) in [6.45, 7) is -1.70. The average Bonchev–Trinajstić information content (AvgIpc) is 2.86. The molecule has 1 aromatic heterocycles. The van der Waals surface area contributed by atoms with E-state index in [9.17, 15) is 28.4 Å². The maximum Gasteiger partial charge on any atom is 0.431 e. The monoisotopic (exact) mass is 315 g/mol. The van der Waals surface area contributed by atoms with Crippen molar-refractivity contribution in [2.24, 2.45) is 0 Å². The van der Waals surface area contributed by atoms with Gasteiger partial charge in [-0.05, 0) is 5.56 Å². The summed E-state index contributed by atoms with van der Waals surface area (Å²) in [5.41, 5.74) is -2.97. The van der Waals surface area contributed by atoms with Gasteiger partial charge in [0.15, 0.2) is 5.82 Å². The van der Waals surface area contributed by atoms with Crippen LogP contribution in [-0.2, 0) is 12.1 Å². The van der Waals surface area contributed by atoms with Crippen molar-refractivity contribution in [1.82, 2.24) is 9.55 Å². The summed E-state index contributed by atoms with van der Waals surface area (Å²) in [6.07, 6.45) is -2.92. The number of halogens is 3. The number of rotatable bonds is 5. The van der Waals surface area contributed by atoms with Gasteiger partial charge in [0, 0.05) is 23.9 Å². The average molecular weight is 315 g/mol. The fourth-order valence-electron chi connectivity index (χ4n) is 2.06. The number of aromatic nitrogens is 2. The molecule has 0 aliphatic heterocycles. The lowest BCUT2D eigenvalue weighted by Gasteiger charge is -2.26. The van der Waals surface area contributed by atoms with Crippen LogP contribution in [0, 0.1) is 10.1 Å². The van der Waals surface area contributed by atoms with Crippen LogP contribution in [0.25, 0.3) is 0 Å². The Hall–Kier alpha value is -2.42. The Kier molecular flexibility index (Phi) is 4.18. The minimum atomic E-state index is -5.22. The van der Waals surface area contributed by atoms with Crippen LogP contribution in [0.3, 0.4) is 0 Å². The van der Waals surface area contributed by atoms with Gasteiger partial charge in [0.2, 0.25) is 6.54 Å². The summed E-state index contributed by atoms with van der Waals surface area (Å²) in [4.78, 5) is 12.8. The van der Waals surface area contributed by atoms with Crippen LogP contribution in [0.4, 0.5) is 13.2 Å². The molecule has 0 spiro atoms. The van der Waals surface area contributed by atoms with Gasteiger partial charge in [-0.15, -0.1) is 0 Å². The highest BCUT2D eigenvalue weighted by Gasteiger charge is 2.61. The molecule has 1 N–H and O–H groups in total. The molecule has 0 saturated heterocycles. The molecule has 2 aromatic rings. The molecule has 0 bridgehead atoms. The van der Waals surface area contributed by atoms with E-state index in [1.54, 1.807) is 30.3 Å². The zero-order valence-electron chi connectivity index (χ0n) is 11.2. The number of hydrogen-bond acceptors (Lipinski definition) is 4. The Bertz CT molecular complexity index is 657. The van der Waals surface area contributed by atoms with Crippen molar-refractivity contribution in [2.75, 3.05) is 6.54 Å². The molecule has 0 aliphatic rings. The van der Waals surface area contributed by atoms with E-state index in [0.717, 1.165) is 10.8 Å². The Morgan fingerprint density at radius 1 is 1.27 bits per heavy atom. The highest BCUT2D eigenvalue weighted by molar-refractivity contribution is 5.17. The topological polar surface area (TPSA) is 81.2 Å². The van der Waals surface area contributed by atoms with E-state index in [2.05, 4.69) is 4.98 Å². The first-order valence-electron chi connectivity index (χ1n) is 6.20. The number of alkyl halides is 3. The van der Waals surface area contributed by atoms with Crippen molar-refractivity contribution in [3.63, 3.8) is 0 Å². The van der Waals surface area contributed by atoms with Crippen molar-refractivity contribution in [1.29, 1.82) is 0 Å². The van der Waals surface area contributed by atoms with Gasteiger partial charge in [-0.1, -0.05) is 30.3 Å². The van der Waals surface area contributed by atoms with Crippen LogP contribution in [0.1, 0.15) is 11.4 Å². The Morgan fingerprint density at radius 2 is 1.91 bits per heavy atom. The standard InChI is InChI=1S/C13H12F3N3O3/c14-13(15,16)12(20,9-19(21)22)11-17-6-7-18(11)8-10-4-2-1-3-5-10/h1-7,20H,8-9H2/t12-/m1/s1. The maximum absolute atomic E-state index is 13.1. The van der Waals surface area contributed by atoms with E-state index in [1.807, 2.05) is 0 Å². The molecule has 6 nitrogen and oxygen atoms in total. The second-order valence-corrected chi connectivity index (χ2v) is 4.71. The third kappa shape index (κ3) is 3.08. The molecular weight excluding hydrogens is 303 g/mol. The summed E-state index contributed by atoms with van der Waals surface area (Å²) >= 11 is 0. The predicted molar refractivity (Wildman–Crippen MR) is 69.6 cm³/mol. The molecule has 0 radical (unpaired) electrons. The summed E-state index contributed by atoms with van der Waals surface area (Å²) < 4.78 is 40.5. The SMILES string of the molecule is O=[N+]([O-])C[C@@](O)(c1nccn1Cc1ccccc1)C(F)(F)F. The zero-order chi connectivity index (χ0) is 16.4. The number of benzene rings is 1. The molecule has 0 unspecified atom stereocenters. The molecule has 9 heteroatoms. The highest BCUT2D eigenvalue weighted by Crippen LogP contribution is 2.38. The third-order valence-electron chi connectivity index (χ3n) is 3.11. The second-order valence-electron chi connectivity index (χ2n) is 4.71. The number of hydrogen-bond donors (Lipinski definition) is 1.